The van der Waals surface area contributed by atoms with Gasteiger partial charge >= 0.3 is 5.91 Å². The van der Waals surface area contributed by atoms with Gasteiger partial charge in [0, 0.05) is 32.1 Å². The smallest absolute Gasteiger partial charge is 0.316 e. The summed E-state index contributed by atoms with van der Waals surface area (Å²) in [6.07, 6.45) is 8.42. The van der Waals surface area contributed by atoms with E-state index < -0.39 is 0 Å². The van der Waals surface area contributed by atoms with Crippen LogP contribution in [-0.2, 0) is 4.79 Å². The summed E-state index contributed by atoms with van der Waals surface area (Å²) >= 11 is 0. The number of hydrogen-bond acceptors (Lipinski definition) is 5. The van der Waals surface area contributed by atoms with Gasteiger partial charge < -0.3 is 20.0 Å². The van der Waals surface area contributed by atoms with E-state index in [0.29, 0.717) is 23.9 Å². The van der Waals surface area contributed by atoms with E-state index in [1.165, 1.54) is 0 Å². The Labute approximate surface area is 183 Å². The molecule has 1 saturated carbocycles. The predicted molar refractivity (Wildman–Crippen MR) is 118 cm³/mol. The van der Waals surface area contributed by atoms with E-state index in [1.54, 1.807) is 10.9 Å². The molecule has 31 heavy (non-hydrogen) atoms. The number of hydrazine groups is 1. The lowest BCUT2D eigenvalue weighted by molar-refractivity contribution is -0.548. The standard InChI is InChI=1S/C23H31N5O3/c1-5-26-27(4)16(3)22(30)28-10-7-23(8-11-28)13-18(23)14-25-21(29)19-12-17-6-9-24-15(2)20(17)31-19/h5-6,9,12,15,18,24H,1,7-8,10-11,13-14H2,2-4H3,(H-,25,26,29,30)/p+1. The van der Waals surface area contributed by atoms with Crippen LogP contribution >= 0.6 is 0 Å². The van der Waals surface area contributed by atoms with Gasteiger partial charge in [0.15, 0.2) is 12.8 Å². The zero-order valence-electron chi connectivity index (χ0n) is 18.5. The maximum Gasteiger partial charge on any atom is 0.316 e. The highest BCUT2D eigenvalue weighted by atomic mass is 16.4. The fraction of sp³-hybridized carbons (Fsp3) is 0.522. The first-order valence-electron chi connectivity index (χ1n) is 10.9. The summed E-state index contributed by atoms with van der Waals surface area (Å²) in [6.45, 7) is 9.61. The van der Waals surface area contributed by atoms with Crippen molar-refractivity contribution in [1.29, 1.82) is 0 Å². The Morgan fingerprint density at radius 3 is 2.84 bits per heavy atom. The largest absolute Gasteiger partial charge is 0.453 e. The molecule has 3 heterocycles. The van der Waals surface area contributed by atoms with E-state index in [-0.39, 0.29) is 23.3 Å². The Balaban J connectivity index is 1.27. The summed E-state index contributed by atoms with van der Waals surface area (Å²) < 4.78 is 7.47. The quantitative estimate of drug-likeness (QED) is 0.368. The number of piperidine rings is 1. The van der Waals surface area contributed by atoms with Crippen LogP contribution in [0.4, 0.5) is 0 Å². The normalized spacial score (nSPS) is 24.0. The van der Waals surface area contributed by atoms with Crippen LogP contribution in [-0.4, -0.2) is 53.8 Å². The first-order chi connectivity index (χ1) is 14.8. The third-order valence-electron chi connectivity index (χ3n) is 7.03. The van der Waals surface area contributed by atoms with Crippen LogP contribution in [0.5, 0.6) is 0 Å². The Hall–Kier alpha value is -3.03. The van der Waals surface area contributed by atoms with Crippen LogP contribution in [0.25, 0.3) is 6.08 Å². The fourth-order valence-electron chi connectivity index (χ4n) is 4.75. The van der Waals surface area contributed by atoms with Crippen molar-refractivity contribution in [2.24, 2.45) is 11.3 Å². The van der Waals surface area contributed by atoms with Crippen molar-refractivity contribution in [2.75, 3.05) is 26.7 Å². The Morgan fingerprint density at radius 1 is 1.42 bits per heavy atom. The van der Waals surface area contributed by atoms with Crippen molar-refractivity contribution >= 4 is 23.6 Å². The van der Waals surface area contributed by atoms with Gasteiger partial charge in [0.2, 0.25) is 0 Å². The van der Waals surface area contributed by atoms with Gasteiger partial charge in [-0.2, -0.15) is 5.43 Å². The lowest BCUT2D eigenvalue weighted by Crippen LogP contribution is -2.45. The van der Waals surface area contributed by atoms with Gasteiger partial charge in [0.25, 0.3) is 11.6 Å². The molecule has 166 valence electrons. The van der Waals surface area contributed by atoms with Gasteiger partial charge in [-0.05, 0) is 55.9 Å². The third-order valence-corrected chi connectivity index (χ3v) is 7.03. The van der Waals surface area contributed by atoms with Gasteiger partial charge in [-0.15, -0.1) is 4.68 Å². The minimum absolute atomic E-state index is 0.0526. The number of rotatable bonds is 6. The van der Waals surface area contributed by atoms with Crippen LogP contribution < -0.4 is 16.1 Å². The van der Waals surface area contributed by atoms with Crippen molar-refractivity contribution in [3.63, 3.8) is 0 Å². The molecule has 1 aromatic heterocycles. The molecule has 1 aromatic rings. The molecular formula is C23H32N5O3+. The molecule has 8 heteroatoms. The number of nitrogens with zero attached hydrogens (tertiary/aromatic N) is 2. The summed E-state index contributed by atoms with van der Waals surface area (Å²) in [6, 6.07) is 1.87. The number of carbonyl (C=O) groups excluding carboxylic acids is 2. The monoisotopic (exact) mass is 426 g/mol. The van der Waals surface area contributed by atoms with E-state index in [9.17, 15) is 9.59 Å². The van der Waals surface area contributed by atoms with Gasteiger partial charge in [-0.3, -0.25) is 9.59 Å². The zero-order valence-corrected chi connectivity index (χ0v) is 18.5. The van der Waals surface area contributed by atoms with Gasteiger partial charge in [0.05, 0.1) is 12.2 Å². The van der Waals surface area contributed by atoms with E-state index in [1.807, 2.05) is 44.1 Å². The SMILES string of the molecule is C=CN[N+](C)=C(C)C(=O)N1CCC2(CC1)CC2CNC(=O)c1cc2c(o1)C(C)NC=C2. The average Bonchev–Trinajstić information content (AvgIpc) is 3.22. The second-order valence-corrected chi connectivity index (χ2v) is 8.90. The molecule has 2 fully saturated rings. The molecular weight excluding hydrogens is 394 g/mol. The van der Waals surface area contributed by atoms with Crippen molar-refractivity contribution in [3.8, 4) is 0 Å². The summed E-state index contributed by atoms with van der Waals surface area (Å²) in [5.41, 5.74) is 4.78. The lowest BCUT2D eigenvalue weighted by atomic mass is 9.90. The summed E-state index contributed by atoms with van der Waals surface area (Å²) in [5.74, 6) is 1.52. The molecule has 1 spiro atoms. The minimum atomic E-state index is -0.160. The van der Waals surface area contributed by atoms with Crippen LogP contribution in [0.3, 0.4) is 0 Å². The van der Waals surface area contributed by atoms with E-state index in [4.69, 9.17) is 4.42 Å². The highest BCUT2D eigenvalue weighted by Crippen LogP contribution is 2.59. The number of hydrazone groups is 1. The van der Waals surface area contributed by atoms with Gasteiger partial charge in [0.1, 0.15) is 5.76 Å². The molecule has 1 aliphatic carbocycles. The maximum absolute atomic E-state index is 12.7. The summed E-state index contributed by atoms with van der Waals surface area (Å²) in [4.78, 5) is 27.2. The molecule has 8 nitrogen and oxygen atoms in total. The van der Waals surface area contributed by atoms with Gasteiger partial charge in [-0.25, -0.2) is 0 Å². The number of furan rings is 1. The third kappa shape index (κ3) is 4.11. The lowest BCUT2D eigenvalue weighted by Gasteiger charge is -2.32. The van der Waals surface area contributed by atoms with Crippen molar-refractivity contribution in [1.82, 2.24) is 21.0 Å². The second-order valence-electron chi connectivity index (χ2n) is 8.90. The molecule has 3 N–H and O–H groups in total. The minimum Gasteiger partial charge on any atom is -0.453 e. The molecule has 2 unspecified atom stereocenters. The number of amides is 2. The Kier molecular flexibility index (Phi) is 5.64. The molecule has 2 aliphatic heterocycles. The molecule has 0 aromatic carbocycles. The number of likely N-dealkylation sites (tertiary alicyclic amines) is 1. The molecule has 0 bridgehead atoms. The molecule has 3 aliphatic rings. The summed E-state index contributed by atoms with van der Waals surface area (Å²) in [7, 11) is 1.81. The van der Waals surface area contributed by atoms with E-state index in [2.05, 4.69) is 22.6 Å². The summed E-state index contributed by atoms with van der Waals surface area (Å²) in [5, 5.41) is 6.23. The number of fused-ring (bicyclic) bond motifs is 1. The van der Waals surface area contributed by atoms with Crippen LogP contribution in [0, 0.1) is 11.3 Å². The fourth-order valence-corrected chi connectivity index (χ4v) is 4.75. The first-order valence-corrected chi connectivity index (χ1v) is 10.9. The number of carbonyl (C=O) groups is 2. The maximum atomic E-state index is 12.7. The predicted octanol–water partition coefficient (Wildman–Crippen LogP) is 2.02. The molecule has 2 amide bonds. The molecule has 1 saturated heterocycles. The molecule has 4 rings (SSSR count). The highest BCUT2D eigenvalue weighted by Gasteiger charge is 2.55. The van der Waals surface area contributed by atoms with E-state index in [0.717, 1.165) is 43.7 Å². The number of nitrogens with one attached hydrogen (secondary N) is 3. The second kappa shape index (κ2) is 8.24. The molecule has 2 atom stereocenters. The Morgan fingerprint density at radius 2 is 2.16 bits per heavy atom. The van der Waals surface area contributed by atoms with Crippen molar-refractivity contribution < 1.29 is 18.7 Å². The Bertz CT molecular complexity index is 952. The van der Waals surface area contributed by atoms with Crippen LogP contribution in [0.1, 0.15) is 61.0 Å². The average molecular weight is 427 g/mol. The first kappa shape index (κ1) is 21.2. The van der Waals surface area contributed by atoms with E-state index >= 15 is 0 Å². The number of hydrogen-bond donors (Lipinski definition) is 3. The highest BCUT2D eigenvalue weighted by molar-refractivity contribution is 6.35. The van der Waals surface area contributed by atoms with Gasteiger partial charge in [-0.1, -0.05) is 6.58 Å². The van der Waals surface area contributed by atoms with Crippen molar-refractivity contribution in [2.45, 2.75) is 39.2 Å². The zero-order chi connectivity index (χ0) is 22.2. The topological polar surface area (TPSA) is 89.6 Å². The van der Waals surface area contributed by atoms with Crippen molar-refractivity contribution in [3.05, 3.63) is 42.1 Å². The van der Waals surface area contributed by atoms with Crippen LogP contribution in [0.2, 0.25) is 0 Å². The van der Waals surface area contributed by atoms with Crippen LogP contribution in [0.15, 0.2) is 29.5 Å². The molecule has 0 radical (unpaired) electrons.